The Labute approximate surface area is 109 Å². The van der Waals surface area contributed by atoms with Gasteiger partial charge in [-0.25, -0.2) is 0 Å². The molecule has 0 bridgehead atoms. The van der Waals surface area contributed by atoms with E-state index in [-0.39, 0.29) is 112 Å². The Kier molecular flexibility index (Phi) is 101. The van der Waals surface area contributed by atoms with E-state index < -0.39 is 0 Å². The second-order valence-corrected chi connectivity index (χ2v) is 0. The van der Waals surface area contributed by atoms with Gasteiger partial charge in [-0.3, -0.25) is 0 Å². The molecule has 4 heavy (non-hydrogen) atoms. The molecule has 0 amide bonds. The summed E-state index contributed by atoms with van der Waals surface area (Å²) in [6.07, 6.45) is 0. The second kappa shape index (κ2) is 15.9. The number of rotatable bonds is 0. The van der Waals surface area contributed by atoms with E-state index in [4.69, 9.17) is 0 Å². The molecule has 0 nitrogen and oxygen atoms in total. The van der Waals surface area contributed by atoms with Crippen LogP contribution in [-0.2, 0) is 16.5 Å². The molecule has 0 unspecified atom stereocenters. The van der Waals surface area contributed by atoms with E-state index in [1.54, 1.807) is 0 Å². The summed E-state index contributed by atoms with van der Waals surface area (Å²) in [5.74, 6) is 0. The maximum atomic E-state index is 0. The largest absolute Gasteiger partial charge is 0 e. The topological polar surface area (TPSA) is 0 Å². The minimum Gasteiger partial charge on any atom is 0 e. The molecule has 33 valence electrons. The molecule has 0 rings (SSSR count). The number of hydrogen-bond donors (Lipinski definition) is 0. The molecular weight excluding hydrogens is 472 g/mol. The molecule has 0 saturated carbocycles. The van der Waals surface area contributed by atoms with Crippen LogP contribution in [-0.4, -0.2) is 48.3 Å². The molecule has 0 aromatic heterocycles. The van der Waals surface area contributed by atoms with E-state index in [0.29, 0.717) is 0 Å². The molecule has 0 fully saturated rings. The van der Waals surface area contributed by atoms with E-state index >= 15 is 0 Å². The van der Waals surface area contributed by atoms with E-state index in [1.165, 1.54) is 0 Å². The normalized spacial score (nSPS) is 0. The second-order valence-electron chi connectivity index (χ2n) is 0. The van der Waals surface area contributed by atoms with Gasteiger partial charge in [0.1, 0.15) is 0 Å². The fraction of sp³-hybridized carbons (Fsp3) is 0. The molecule has 0 heterocycles. The van der Waals surface area contributed by atoms with Gasteiger partial charge >= 0.3 is 0 Å². The van der Waals surface area contributed by atoms with Crippen molar-refractivity contribution in [1.29, 1.82) is 0 Å². The van der Waals surface area contributed by atoms with Crippen LogP contribution in [0.25, 0.3) is 0 Å². The third-order valence-corrected chi connectivity index (χ3v) is 0. The van der Waals surface area contributed by atoms with Crippen molar-refractivity contribution in [3.05, 3.63) is 0 Å². The fourth-order valence-corrected chi connectivity index (χ4v) is 0. The summed E-state index contributed by atoms with van der Waals surface area (Å²) in [5.41, 5.74) is 0. The standard InChI is InChI=1S/Ni.Sb.Sn.Yb. The van der Waals surface area contributed by atoms with Gasteiger partial charge in [0.25, 0.3) is 0 Å². The summed E-state index contributed by atoms with van der Waals surface area (Å²) < 4.78 is 0. The monoisotopic (exact) mass is 473 g/mol. The van der Waals surface area contributed by atoms with Gasteiger partial charge in [-0.15, -0.1) is 0 Å². The van der Waals surface area contributed by atoms with Gasteiger partial charge in [0.05, 0.1) is 0 Å². The van der Waals surface area contributed by atoms with E-state index in [9.17, 15) is 0 Å². The van der Waals surface area contributed by atoms with Crippen molar-refractivity contribution >= 4 is 48.3 Å². The average molecular weight is 472 g/mol. The van der Waals surface area contributed by atoms with Gasteiger partial charge in [-0.2, -0.15) is 0 Å². The molecule has 0 atom stereocenters. The summed E-state index contributed by atoms with van der Waals surface area (Å²) >= 11 is 0. The Morgan fingerprint density at radius 2 is 1.00 bits per heavy atom. The Morgan fingerprint density at radius 1 is 1.00 bits per heavy atom. The summed E-state index contributed by atoms with van der Waals surface area (Å²) in [4.78, 5) is 0. The predicted octanol–water partition coefficient (Wildman–Crippen LogP) is -0.764. The molecule has 4 heteroatoms. The van der Waals surface area contributed by atoms with Crippen LogP contribution in [0.4, 0.5) is 0 Å². The molecule has 0 aliphatic rings. The summed E-state index contributed by atoms with van der Waals surface area (Å²) in [7, 11) is 0. The SMILES string of the molecule is [Ni].[Sb].[Sn].[Yb]. The molecule has 0 aromatic carbocycles. The van der Waals surface area contributed by atoms with Crippen LogP contribution in [0.2, 0.25) is 0 Å². The van der Waals surface area contributed by atoms with Crippen molar-refractivity contribution in [3.63, 3.8) is 0 Å². The molecule has 0 aliphatic heterocycles. The first kappa shape index (κ1) is 25.5. The van der Waals surface area contributed by atoms with Gasteiger partial charge in [-0.1, -0.05) is 0 Å². The van der Waals surface area contributed by atoms with Gasteiger partial charge in [0.15, 0.2) is 0 Å². The Morgan fingerprint density at radius 3 is 1.00 bits per heavy atom. The predicted molar refractivity (Wildman–Crippen MR) is 11.5 cm³/mol. The maximum absolute atomic E-state index is 0. The summed E-state index contributed by atoms with van der Waals surface area (Å²) in [5, 5.41) is 0. The van der Waals surface area contributed by atoms with E-state index in [2.05, 4.69) is 0 Å². The molecule has 0 aliphatic carbocycles. The minimum absolute atomic E-state index is 0. The first-order valence-electron chi connectivity index (χ1n) is 0. The van der Waals surface area contributed by atoms with Gasteiger partial charge < -0.3 is 0 Å². The Bertz CT molecular complexity index is 8.00. The van der Waals surface area contributed by atoms with Crippen molar-refractivity contribution in [1.82, 2.24) is 0 Å². The molecular formula is NiSbSnYb. The third kappa shape index (κ3) is 9.16. The quantitative estimate of drug-likeness (QED) is 0.407. The van der Waals surface area contributed by atoms with Crippen molar-refractivity contribution in [2.75, 3.05) is 0 Å². The zero-order valence-corrected chi connectivity index (χ0v) is 9.64. The zero-order valence-electron chi connectivity index (χ0n) is 1.53. The minimum atomic E-state index is 0. The Hall–Kier alpha value is 3.63. The van der Waals surface area contributed by atoms with Gasteiger partial charge in [0, 0.05) is 112 Å². The molecule has 0 aromatic rings. The molecule has 0 N–H and O–H groups in total. The van der Waals surface area contributed by atoms with E-state index in [1.807, 2.05) is 0 Å². The van der Waals surface area contributed by atoms with Crippen molar-refractivity contribution in [3.8, 4) is 0 Å². The smallest absolute Gasteiger partial charge is 0 e. The van der Waals surface area contributed by atoms with Crippen LogP contribution >= 0.6 is 0 Å². The van der Waals surface area contributed by atoms with Crippen LogP contribution in [0.5, 0.6) is 0 Å². The zero-order chi connectivity index (χ0) is 0. The molecule has 7 radical (unpaired) electrons. The van der Waals surface area contributed by atoms with Crippen molar-refractivity contribution < 1.29 is 63.4 Å². The summed E-state index contributed by atoms with van der Waals surface area (Å²) in [6, 6.07) is 0. The van der Waals surface area contributed by atoms with Crippen LogP contribution < -0.4 is 0 Å². The van der Waals surface area contributed by atoms with Gasteiger partial charge in [0.2, 0.25) is 0 Å². The molecule has 0 saturated heterocycles. The van der Waals surface area contributed by atoms with Crippen LogP contribution in [0.1, 0.15) is 0 Å². The van der Waals surface area contributed by atoms with Crippen LogP contribution in [0.15, 0.2) is 0 Å². The molecule has 0 spiro atoms. The number of hydrogen-bond acceptors (Lipinski definition) is 0. The third-order valence-electron chi connectivity index (χ3n) is 0. The summed E-state index contributed by atoms with van der Waals surface area (Å²) in [6.45, 7) is 0. The van der Waals surface area contributed by atoms with Crippen molar-refractivity contribution in [2.24, 2.45) is 0 Å². The maximum Gasteiger partial charge on any atom is 0 e. The van der Waals surface area contributed by atoms with Gasteiger partial charge in [-0.05, 0) is 0 Å². The average Bonchev–Trinajstić information content (AvgIpc) is 0. The fourth-order valence-electron chi connectivity index (χ4n) is 0. The van der Waals surface area contributed by atoms with Crippen LogP contribution in [0.3, 0.4) is 0 Å². The Balaban J connectivity index is 0. The van der Waals surface area contributed by atoms with Crippen LogP contribution in [0, 0.1) is 46.9 Å². The van der Waals surface area contributed by atoms with Crippen molar-refractivity contribution in [2.45, 2.75) is 0 Å². The first-order valence-corrected chi connectivity index (χ1v) is 0. The van der Waals surface area contributed by atoms with E-state index in [0.717, 1.165) is 0 Å². The first-order chi connectivity index (χ1) is 0.